The normalized spacial score (nSPS) is 23.1. The third-order valence-electron chi connectivity index (χ3n) is 4.09. The molecule has 1 fully saturated rings. The van der Waals surface area contributed by atoms with Crippen molar-refractivity contribution in [3.63, 3.8) is 0 Å². The minimum absolute atomic E-state index is 0.244. The molecule has 1 aromatic rings. The average Bonchev–Trinajstić information content (AvgIpc) is 2.72. The second kappa shape index (κ2) is 6.27. The van der Waals surface area contributed by atoms with Crippen LogP contribution in [-0.2, 0) is 9.84 Å². The molecule has 3 nitrogen and oxygen atoms in total. The first-order chi connectivity index (χ1) is 9.37. The maximum atomic E-state index is 11.7. The van der Waals surface area contributed by atoms with E-state index in [4.69, 9.17) is 0 Å². The molecule has 0 spiro atoms. The molecule has 1 heterocycles. The molecule has 0 radical (unpaired) electrons. The SMILES string of the molecule is Cc1ccc(C(CNC(C)C)C2CCS(=O)(=O)C2)cc1. The summed E-state index contributed by atoms with van der Waals surface area (Å²) in [6.07, 6.45) is 0.792. The minimum atomic E-state index is -2.82. The van der Waals surface area contributed by atoms with E-state index in [-0.39, 0.29) is 11.8 Å². The topological polar surface area (TPSA) is 46.2 Å². The number of rotatable bonds is 5. The van der Waals surface area contributed by atoms with Gasteiger partial charge in [0.25, 0.3) is 0 Å². The molecule has 1 aromatic carbocycles. The zero-order chi connectivity index (χ0) is 14.8. The summed E-state index contributed by atoms with van der Waals surface area (Å²) < 4.78 is 23.5. The summed E-state index contributed by atoms with van der Waals surface area (Å²) in [6.45, 7) is 7.17. The van der Waals surface area contributed by atoms with Gasteiger partial charge >= 0.3 is 0 Å². The smallest absolute Gasteiger partial charge is 0.150 e. The Hall–Kier alpha value is -0.870. The van der Waals surface area contributed by atoms with Crippen molar-refractivity contribution in [3.8, 4) is 0 Å². The van der Waals surface area contributed by atoms with E-state index in [1.54, 1.807) is 0 Å². The molecule has 2 atom stereocenters. The average molecular weight is 295 g/mol. The van der Waals surface area contributed by atoms with Gasteiger partial charge in [0.2, 0.25) is 0 Å². The lowest BCUT2D eigenvalue weighted by Crippen LogP contribution is -2.31. The Morgan fingerprint density at radius 3 is 2.40 bits per heavy atom. The molecule has 1 aliphatic rings. The number of sulfone groups is 1. The van der Waals surface area contributed by atoms with Crippen molar-refractivity contribution in [1.29, 1.82) is 0 Å². The van der Waals surface area contributed by atoms with Gasteiger partial charge in [-0.1, -0.05) is 43.7 Å². The Kier molecular flexibility index (Phi) is 4.86. The number of nitrogens with one attached hydrogen (secondary N) is 1. The molecule has 0 saturated carbocycles. The summed E-state index contributed by atoms with van der Waals surface area (Å²) in [4.78, 5) is 0. The van der Waals surface area contributed by atoms with Crippen LogP contribution in [0.15, 0.2) is 24.3 Å². The zero-order valence-electron chi connectivity index (χ0n) is 12.6. The van der Waals surface area contributed by atoms with E-state index in [1.807, 2.05) is 0 Å². The fraction of sp³-hybridized carbons (Fsp3) is 0.625. The lowest BCUT2D eigenvalue weighted by molar-refractivity contribution is 0.422. The van der Waals surface area contributed by atoms with Gasteiger partial charge in [0, 0.05) is 18.5 Å². The first-order valence-corrected chi connectivity index (χ1v) is 9.20. The first-order valence-electron chi connectivity index (χ1n) is 7.38. The molecule has 0 bridgehead atoms. The minimum Gasteiger partial charge on any atom is -0.314 e. The Morgan fingerprint density at radius 2 is 1.90 bits per heavy atom. The molecule has 0 aliphatic carbocycles. The van der Waals surface area contributed by atoms with Crippen LogP contribution in [0.3, 0.4) is 0 Å². The monoisotopic (exact) mass is 295 g/mol. The van der Waals surface area contributed by atoms with Crippen LogP contribution in [-0.4, -0.2) is 32.5 Å². The number of hydrogen-bond acceptors (Lipinski definition) is 3. The molecule has 20 heavy (non-hydrogen) atoms. The van der Waals surface area contributed by atoms with Crippen LogP contribution < -0.4 is 5.32 Å². The van der Waals surface area contributed by atoms with Gasteiger partial charge < -0.3 is 5.32 Å². The van der Waals surface area contributed by atoms with E-state index in [0.717, 1.165) is 13.0 Å². The maximum absolute atomic E-state index is 11.7. The van der Waals surface area contributed by atoms with E-state index in [9.17, 15) is 8.42 Å². The van der Waals surface area contributed by atoms with Crippen molar-refractivity contribution in [2.75, 3.05) is 18.1 Å². The van der Waals surface area contributed by atoms with Crippen molar-refractivity contribution < 1.29 is 8.42 Å². The first kappa shape index (κ1) is 15.5. The van der Waals surface area contributed by atoms with E-state index < -0.39 is 9.84 Å². The van der Waals surface area contributed by atoms with Crippen molar-refractivity contribution in [2.45, 2.75) is 39.2 Å². The standard InChI is InChI=1S/C16H25NO2S/c1-12(2)17-10-16(14-6-4-13(3)5-7-14)15-8-9-20(18,19)11-15/h4-7,12,15-17H,8-11H2,1-3H3. The quantitative estimate of drug-likeness (QED) is 0.908. The van der Waals surface area contributed by atoms with Crippen LogP contribution in [0.2, 0.25) is 0 Å². The van der Waals surface area contributed by atoms with E-state index in [1.165, 1.54) is 11.1 Å². The van der Waals surface area contributed by atoms with Gasteiger partial charge in [0.05, 0.1) is 11.5 Å². The molecule has 1 aliphatic heterocycles. The van der Waals surface area contributed by atoms with Gasteiger partial charge in [-0.05, 0) is 24.8 Å². The van der Waals surface area contributed by atoms with Crippen molar-refractivity contribution >= 4 is 9.84 Å². The summed E-state index contributed by atoms with van der Waals surface area (Å²) in [6, 6.07) is 8.93. The Morgan fingerprint density at radius 1 is 1.25 bits per heavy atom. The molecule has 0 aromatic heterocycles. The van der Waals surface area contributed by atoms with E-state index in [2.05, 4.69) is 50.4 Å². The lowest BCUT2D eigenvalue weighted by atomic mass is 9.85. The van der Waals surface area contributed by atoms with Crippen LogP contribution in [0.1, 0.15) is 37.3 Å². The molecule has 112 valence electrons. The predicted molar refractivity (Wildman–Crippen MR) is 83.8 cm³/mol. The maximum Gasteiger partial charge on any atom is 0.150 e. The highest BCUT2D eigenvalue weighted by atomic mass is 32.2. The number of benzene rings is 1. The third kappa shape index (κ3) is 4.06. The van der Waals surface area contributed by atoms with Crippen molar-refractivity contribution in [1.82, 2.24) is 5.32 Å². The third-order valence-corrected chi connectivity index (χ3v) is 5.88. The van der Waals surface area contributed by atoms with E-state index in [0.29, 0.717) is 17.5 Å². The molecule has 2 unspecified atom stereocenters. The highest BCUT2D eigenvalue weighted by molar-refractivity contribution is 7.91. The van der Waals surface area contributed by atoms with Gasteiger partial charge in [-0.2, -0.15) is 0 Å². The Balaban J connectivity index is 2.18. The zero-order valence-corrected chi connectivity index (χ0v) is 13.4. The fourth-order valence-corrected chi connectivity index (χ4v) is 4.75. The lowest BCUT2D eigenvalue weighted by Gasteiger charge is -2.25. The number of hydrogen-bond donors (Lipinski definition) is 1. The summed E-state index contributed by atoms with van der Waals surface area (Å²) in [7, 11) is -2.82. The molecule has 1 N–H and O–H groups in total. The van der Waals surface area contributed by atoms with Gasteiger partial charge in [0.15, 0.2) is 9.84 Å². The molecular formula is C16H25NO2S. The number of aryl methyl sites for hydroxylation is 1. The van der Waals surface area contributed by atoms with Crippen molar-refractivity contribution in [2.24, 2.45) is 5.92 Å². The molecule has 4 heteroatoms. The molecular weight excluding hydrogens is 270 g/mol. The summed E-state index contributed by atoms with van der Waals surface area (Å²) in [5, 5.41) is 3.47. The largest absolute Gasteiger partial charge is 0.314 e. The van der Waals surface area contributed by atoms with Crippen LogP contribution >= 0.6 is 0 Å². The van der Waals surface area contributed by atoms with Gasteiger partial charge in [0.1, 0.15) is 0 Å². The Labute approximate surface area is 122 Å². The summed E-state index contributed by atoms with van der Waals surface area (Å²) >= 11 is 0. The molecule has 1 saturated heterocycles. The van der Waals surface area contributed by atoms with Gasteiger partial charge in [-0.15, -0.1) is 0 Å². The van der Waals surface area contributed by atoms with Crippen LogP contribution in [0, 0.1) is 12.8 Å². The second-order valence-electron chi connectivity index (χ2n) is 6.24. The highest BCUT2D eigenvalue weighted by Crippen LogP contribution is 2.33. The second-order valence-corrected chi connectivity index (χ2v) is 8.47. The fourth-order valence-electron chi connectivity index (χ4n) is 2.87. The van der Waals surface area contributed by atoms with E-state index >= 15 is 0 Å². The van der Waals surface area contributed by atoms with Crippen LogP contribution in [0.25, 0.3) is 0 Å². The van der Waals surface area contributed by atoms with Crippen LogP contribution in [0.4, 0.5) is 0 Å². The predicted octanol–water partition coefficient (Wildman–Crippen LogP) is 2.51. The van der Waals surface area contributed by atoms with Crippen molar-refractivity contribution in [3.05, 3.63) is 35.4 Å². The molecule has 2 rings (SSSR count). The Bertz CT molecular complexity index is 534. The van der Waals surface area contributed by atoms with Gasteiger partial charge in [-0.3, -0.25) is 0 Å². The van der Waals surface area contributed by atoms with Gasteiger partial charge in [-0.25, -0.2) is 8.42 Å². The highest BCUT2D eigenvalue weighted by Gasteiger charge is 2.34. The molecule has 0 amide bonds. The van der Waals surface area contributed by atoms with Crippen LogP contribution in [0.5, 0.6) is 0 Å². The summed E-state index contributed by atoms with van der Waals surface area (Å²) in [5.74, 6) is 1.22. The summed E-state index contributed by atoms with van der Waals surface area (Å²) in [5.41, 5.74) is 2.49.